The summed E-state index contributed by atoms with van der Waals surface area (Å²) >= 11 is 5.87. The van der Waals surface area contributed by atoms with Crippen molar-refractivity contribution in [3.05, 3.63) is 59.2 Å². The molecule has 1 amide bonds. The van der Waals surface area contributed by atoms with E-state index < -0.39 is 5.82 Å². The number of ether oxygens (including phenoxy) is 2. The van der Waals surface area contributed by atoms with Gasteiger partial charge in [0.15, 0.2) is 0 Å². The lowest BCUT2D eigenvalue weighted by Crippen LogP contribution is -2.14. The van der Waals surface area contributed by atoms with Gasteiger partial charge in [-0.25, -0.2) is 4.39 Å². The quantitative estimate of drug-likeness (QED) is 0.473. The standard InChI is InChI=1S/C21H21ClFN3O4/c1-28-11-12-29-18-10-9-16(23)13-17(18)24-19(27)3-2-4-20-25-21(26-30-20)14-5-7-15(22)8-6-14/h5-10,13H,2-4,11-12H2,1H3,(H,24,27). The maximum atomic E-state index is 13.6. The summed E-state index contributed by atoms with van der Waals surface area (Å²) in [6.45, 7) is 0.672. The summed E-state index contributed by atoms with van der Waals surface area (Å²) in [6, 6.07) is 11.1. The third-order valence-electron chi connectivity index (χ3n) is 4.13. The lowest BCUT2D eigenvalue weighted by Gasteiger charge is -2.12. The van der Waals surface area contributed by atoms with Crippen LogP contribution in [0, 0.1) is 5.82 Å². The van der Waals surface area contributed by atoms with Crippen molar-refractivity contribution in [2.75, 3.05) is 25.6 Å². The van der Waals surface area contributed by atoms with Crippen molar-refractivity contribution < 1.29 is 23.2 Å². The average Bonchev–Trinajstić information content (AvgIpc) is 3.19. The van der Waals surface area contributed by atoms with Crippen LogP contribution < -0.4 is 10.1 Å². The molecule has 1 N–H and O–H groups in total. The largest absolute Gasteiger partial charge is 0.489 e. The molecule has 0 spiro atoms. The number of nitrogens with zero attached hydrogens (tertiary/aromatic N) is 2. The predicted molar refractivity (Wildman–Crippen MR) is 110 cm³/mol. The molecule has 9 heteroatoms. The molecule has 0 aliphatic heterocycles. The number of aromatic nitrogens is 2. The summed E-state index contributed by atoms with van der Waals surface area (Å²) in [5.74, 6) is 0.539. The Morgan fingerprint density at radius 3 is 2.77 bits per heavy atom. The summed E-state index contributed by atoms with van der Waals surface area (Å²) in [4.78, 5) is 16.6. The first kappa shape index (κ1) is 21.7. The number of methoxy groups -OCH3 is 1. The Morgan fingerprint density at radius 2 is 2.00 bits per heavy atom. The lowest BCUT2D eigenvalue weighted by molar-refractivity contribution is -0.116. The van der Waals surface area contributed by atoms with E-state index in [-0.39, 0.29) is 24.6 Å². The zero-order valence-electron chi connectivity index (χ0n) is 16.4. The number of rotatable bonds is 10. The highest BCUT2D eigenvalue weighted by Gasteiger charge is 2.12. The second-order valence-electron chi connectivity index (χ2n) is 6.40. The highest BCUT2D eigenvalue weighted by molar-refractivity contribution is 6.30. The normalized spacial score (nSPS) is 10.8. The van der Waals surface area contributed by atoms with E-state index in [2.05, 4.69) is 15.5 Å². The Morgan fingerprint density at radius 1 is 1.20 bits per heavy atom. The molecule has 0 fully saturated rings. The van der Waals surface area contributed by atoms with Crippen LogP contribution in [-0.2, 0) is 16.0 Å². The smallest absolute Gasteiger partial charge is 0.226 e. The number of nitrogens with one attached hydrogen (secondary N) is 1. The van der Waals surface area contributed by atoms with Crippen molar-refractivity contribution in [3.8, 4) is 17.1 Å². The number of carbonyl (C=O) groups is 1. The Balaban J connectivity index is 1.51. The van der Waals surface area contributed by atoms with E-state index in [0.717, 1.165) is 5.56 Å². The average molecular weight is 434 g/mol. The van der Waals surface area contributed by atoms with E-state index in [1.54, 1.807) is 31.4 Å². The van der Waals surface area contributed by atoms with Gasteiger partial charge in [-0.1, -0.05) is 16.8 Å². The van der Waals surface area contributed by atoms with Crippen molar-refractivity contribution in [2.24, 2.45) is 0 Å². The number of carbonyl (C=O) groups excluding carboxylic acids is 1. The van der Waals surface area contributed by atoms with E-state index in [9.17, 15) is 9.18 Å². The summed E-state index contributed by atoms with van der Waals surface area (Å²) < 4.78 is 29.2. The van der Waals surface area contributed by atoms with Crippen molar-refractivity contribution in [1.82, 2.24) is 10.1 Å². The molecule has 0 saturated heterocycles. The van der Waals surface area contributed by atoms with Crippen LogP contribution in [0.1, 0.15) is 18.7 Å². The third kappa shape index (κ3) is 6.27. The van der Waals surface area contributed by atoms with Crippen LogP contribution in [0.2, 0.25) is 5.02 Å². The van der Waals surface area contributed by atoms with E-state index in [1.165, 1.54) is 18.2 Å². The Bertz CT molecular complexity index is 979. The molecule has 0 atom stereocenters. The summed E-state index contributed by atoms with van der Waals surface area (Å²) in [7, 11) is 1.55. The molecule has 30 heavy (non-hydrogen) atoms. The minimum atomic E-state index is -0.468. The number of hydrogen-bond donors (Lipinski definition) is 1. The SMILES string of the molecule is COCCOc1ccc(F)cc1NC(=O)CCCc1nc(-c2ccc(Cl)cc2)no1. The number of anilines is 1. The van der Waals surface area contributed by atoms with Gasteiger partial charge in [-0.05, 0) is 42.8 Å². The second kappa shape index (κ2) is 10.7. The highest BCUT2D eigenvalue weighted by Crippen LogP contribution is 2.26. The van der Waals surface area contributed by atoms with E-state index >= 15 is 0 Å². The predicted octanol–water partition coefficient (Wildman–Crippen LogP) is 4.52. The molecule has 2 aromatic carbocycles. The molecule has 158 valence electrons. The maximum absolute atomic E-state index is 13.6. The molecule has 3 aromatic rings. The zero-order valence-corrected chi connectivity index (χ0v) is 17.1. The summed E-state index contributed by atoms with van der Waals surface area (Å²) in [6.07, 6.45) is 1.13. The monoisotopic (exact) mass is 433 g/mol. The second-order valence-corrected chi connectivity index (χ2v) is 6.84. The molecule has 7 nitrogen and oxygen atoms in total. The molecule has 1 aromatic heterocycles. The van der Waals surface area contributed by atoms with Gasteiger partial charge in [0.2, 0.25) is 17.6 Å². The summed E-state index contributed by atoms with van der Waals surface area (Å²) in [5.41, 5.74) is 1.07. The van der Waals surface area contributed by atoms with Gasteiger partial charge in [0.05, 0.1) is 12.3 Å². The molecule has 0 radical (unpaired) electrons. The van der Waals surface area contributed by atoms with E-state index in [1.807, 2.05) is 0 Å². The highest BCUT2D eigenvalue weighted by atomic mass is 35.5. The fraction of sp³-hybridized carbons (Fsp3) is 0.286. The first-order chi connectivity index (χ1) is 14.5. The van der Waals surface area contributed by atoms with Crippen LogP contribution in [0.25, 0.3) is 11.4 Å². The molecule has 1 heterocycles. The molecule has 0 unspecified atom stereocenters. The molecule has 0 bridgehead atoms. The maximum Gasteiger partial charge on any atom is 0.226 e. The van der Waals surface area contributed by atoms with Gasteiger partial charge in [0.25, 0.3) is 0 Å². The lowest BCUT2D eigenvalue weighted by atomic mass is 10.2. The number of aryl methyl sites for hydroxylation is 1. The molecular weight excluding hydrogens is 413 g/mol. The zero-order chi connectivity index (χ0) is 21.3. The van der Waals surface area contributed by atoms with E-state index in [4.69, 9.17) is 25.6 Å². The number of hydrogen-bond acceptors (Lipinski definition) is 6. The first-order valence-corrected chi connectivity index (χ1v) is 9.72. The van der Waals surface area contributed by atoms with Gasteiger partial charge < -0.3 is 19.3 Å². The molecule has 0 aliphatic carbocycles. The molecule has 3 rings (SSSR count). The van der Waals surface area contributed by atoms with Gasteiger partial charge in [-0.15, -0.1) is 0 Å². The number of halogens is 2. The van der Waals surface area contributed by atoms with Crippen molar-refractivity contribution in [1.29, 1.82) is 0 Å². The van der Waals surface area contributed by atoms with E-state index in [0.29, 0.717) is 41.9 Å². The molecule has 0 aliphatic rings. The van der Waals surface area contributed by atoms with Gasteiger partial charge in [0.1, 0.15) is 18.2 Å². The van der Waals surface area contributed by atoms with Crippen LogP contribution in [0.4, 0.5) is 10.1 Å². The van der Waals surface area contributed by atoms with Crippen molar-refractivity contribution in [3.63, 3.8) is 0 Å². The number of benzene rings is 2. The fourth-order valence-electron chi connectivity index (χ4n) is 2.65. The Hall–Kier alpha value is -2.97. The van der Waals surface area contributed by atoms with Crippen molar-refractivity contribution in [2.45, 2.75) is 19.3 Å². The Kier molecular flexibility index (Phi) is 7.75. The Labute approximate surface area is 178 Å². The van der Waals surface area contributed by atoms with Gasteiger partial charge in [0, 0.05) is 36.6 Å². The fourth-order valence-corrected chi connectivity index (χ4v) is 2.77. The van der Waals surface area contributed by atoms with Crippen LogP contribution in [0.5, 0.6) is 5.75 Å². The van der Waals surface area contributed by atoms with Crippen LogP contribution in [-0.4, -0.2) is 36.4 Å². The minimum Gasteiger partial charge on any atom is -0.489 e. The third-order valence-corrected chi connectivity index (χ3v) is 4.38. The topological polar surface area (TPSA) is 86.5 Å². The van der Waals surface area contributed by atoms with Gasteiger partial charge >= 0.3 is 0 Å². The van der Waals surface area contributed by atoms with Gasteiger partial charge in [-0.2, -0.15) is 4.98 Å². The van der Waals surface area contributed by atoms with Gasteiger partial charge in [-0.3, -0.25) is 4.79 Å². The number of amides is 1. The summed E-state index contributed by atoms with van der Waals surface area (Å²) in [5, 5.41) is 7.24. The molecular formula is C21H21ClFN3O4. The minimum absolute atomic E-state index is 0.201. The van der Waals surface area contributed by atoms with Crippen LogP contribution in [0.3, 0.4) is 0 Å². The first-order valence-electron chi connectivity index (χ1n) is 9.35. The van der Waals surface area contributed by atoms with Crippen molar-refractivity contribution >= 4 is 23.2 Å². The van der Waals surface area contributed by atoms with Crippen LogP contribution >= 0.6 is 11.6 Å². The molecule has 0 saturated carbocycles. The van der Waals surface area contributed by atoms with Crippen LogP contribution in [0.15, 0.2) is 47.0 Å².